The van der Waals surface area contributed by atoms with E-state index >= 15 is 0 Å². The zero-order valence-corrected chi connectivity index (χ0v) is 27.6. The Labute approximate surface area is 261 Å². The topological polar surface area (TPSA) is 141 Å². The van der Waals surface area contributed by atoms with E-state index in [2.05, 4.69) is 37.9 Å². The van der Waals surface area contributed by atoms with E-state index in [-0.39, 0.29) is 88.3 Å². The summed E-state index contributed by atoms with van der Waals surface area (Å²) in [7, 11) is 0. The van der Waals surface area contributed by atoms with Gasteiger partial charge in [-0.2, -0.15) is 0 Å². The van der Waals surface area contributed by atoms with E-state index in [0.717, 1.165) is 0 Å². The summed E-state index contributed by atoms with van der Waals surface area (Å²) in [5.74, 6) is -2.58. The predicted molar refractivity (Wildman–Crippen MR) is 161 cm³/mol. The SMILES string of the molecule is CC(C)N(CCOC(=O)C(C)(C)CC(C)(C)C(=O)OCCOCCNC(=O)CCN1C(=O)C2C3C=CC(O3)C2C1=O)C(C)C. The molecule has 2 fully saturated rings. The number of likely N-dealkylation sites (tertiary alicyclic amines) is 1. The molecule has 0 aromatic rings. The van der Waals surface area contributed by atoms with Crippen LogP contribution in [0, 0.1) is 22.7 Å². The molecule has 44 heavy (non-hydrogen) atoms. The molecule has 4 atom stereocenters. The van der Waals surface area contributed by atoms with Gasteiger partial charge in [-0.25, -0.2) is 0 Å². The lowest BCUT2D eigenvalue weighted by Gasteiger charge is -2.33. The Kier molecular flexibility index (Phi) is 12.1. The second-order valence-corrected chi connectivity index (χ2v) is 13.7. The van der Waals surface area contributed by atoms with Gasteiger partial charge in [0.15, 0.2) is 0 Å². The number of rotatable bonds is 18. The molecule has 3 amide bonds. The van der Waals surface area contributed by atoms with E-state index in [1.807, 2.05) is 12.2 Å². The fourth-order valence-corrected chi connectivity index (χ4v) is 6.44. The summed E-state index contributed by atoms with van der Waals surface area (Å²) in [5.41, 5.74) is -1.80. The molecule has 2 bridgehead atoms. The minimum Gasteiger partial charge on any atom is -0.464 e. The number of imide groups is 1. The number of carbonyl (C=O) groups excluding carboxylic acids is 5. The molecule has 0 spiro atoms. The Morgan fingerprint density at radius 2 is 1.39 bits per heavy atom. The summed E-state index contributed by atoms with van der Waals surface area (Å²) in [6, 6.07) is 0.682. The summed E-state index contributed by atoms with van der Waals surface area (Å²) in [6.07, 6.45) is 3.21. The molecular formula is C32H51N3O9. The summed E-state index contributed by atoms with van der Waals surface area (Å²) >= 11 is 0. The summed E-state index contributed by atoms with van der Waals surface area (Å²) < 4.78 is 22.1. The highest BCUT2D eigenvalue weighted by Gasteiger charge is 2.60. The molecular weight excluding hydrogens is 570 g/mol. The van der Waals surface area contributed by atoms with Crippen molar-refractivity contribution in [1.29, 1.82) is 0 Å². The van der Waals surface area contributed by atoms with Crippen LogP contribution in [0.15, 0.2) is 12.2 Å². The third-order valence-corrected chi connectivity index (χ3v) is 8.49. The highest BCUT2D eigenvalue weighted by atomic mass is 16.6. The van der Waals surface area contributed by atoms with E-state index in [1.54, 1.807) is 27.7 Å². The van der Waals surface area contributed by atoms with Crippen molar-refractivity contribution in [2.45, 2.75) is 92.5 Å². The minimum absolute atomic E-state index is 0.00542. The van der Waals surface area contributed by atoms with Gasteiger partial charge in [-0.15, -0.1) is 0 Å². The zero-order chi connectivity index (χ0) is 32.8. The zero-order valence-electron chi connectivity index (χ0n) is 27.6. The lowest BCUT2D eigenvalue weighted by atomic mass is 9.75. The van der Waals surface area contributed by atoms with Gasteiger partial charge in [0.25, 0.3) is 0 Å². The molecule has 2 saturated heterocycles. The number of hydrogen-bond donors (Lipinski definition) is 1. The lowest BCUT2D eigenvalue weighted by molar-refractivity contribution is -0.163. The molecule has 4 unspecified atom stereocenters. The average Bonchev–Trinajstić information content (AvgIpc) is 3.61. The molecule has 3 heterocycles. The third kappa shape index (κ3) is 8.66. The molecule has 3 aliphatic heterocycles. The first-order chi connectivity index (χ1) is 20.6. The van der Waals surface area contributed by atoms with Crippen LogP contribution >= 0.6 is 0 Å². The molecule has 0 aromatic heterocycles. The minimum atomic E-state index is -0.918. The first-order valence-corrected chi connectivity index (χ1v) is 15.7. The molecule has 0 saturated carbocycles. The van der Waals surface area contributed by atoms with Gasteiger partial charge in [-0.1, -0.05) is 12.2 Å². The monoisotopic (exact) mass is 621 g/mol. The maximum atomic E-state index is 12.8. The Bertz CT molecular complexity index is 1060. The fraction of sp³-hybridized carbons (Fsp3) is 0.781. The standard InChI is InChI=1S/C32H51N3O9/c1-20(2)34(21(3)4)14-16-42-29(39)31(5,6)19-32(7,8)30(40)43-18-17-41-15-12-33-24(36)11-13-35-27(37)25-22-9-10-23(44-22)26(25)28(35)38/h9-10,20-23,25-26H,11-19H2,1-8H3,(H,33,36). The largest absolute Gasteiger partial charge is 0.464 e. The molecule has 0 radical (unpaired) electrons. The van der Waals surface area contributed by atoms with Gasteiger partial charge in [0, 0.05) is 38.1 Å². The molecule has 12 nitrogen and oxygen atoms in total. The molecule has 3 rings (SSSR count). The number of nitrogens with zero attached hydrogens (tertiary/aromatic N) is 2. The van der Waals surface area contributed by atoms with Crippen LogP contribution in [0.2, 0.25) is 0 Å². The number of carbonyl (C=O) groups is 5. The van der Waals surface area contributed by atoms with Crippen LogP contribution in [0.25, 0.3) is 0 Å². The Morgan fingerprint density at radius 3 is 1.91 bits per heavy atom. The number of amides is 3. The summed E-state index contributed by atoms with van der Waals surface area (Å²) in [4.78, 5) is 66.5. The normalized spacial score (nSPS) is 22.8. The van der Waals surface area contributed by atoms with Crippen LogP contribution < -0.4 is 5.32 Å². The summed E-state index contributed by atoms with van der Waals surface area (Å²) in [6.45, 7) is 17.0. The van der Waals surface area contributed by atoms with Crippen LogP contribution in [-0.2, 0) is 42.9 Å². The van der Waals surface area contributed by atoms with Gasteiger partial charge in [0.05, 0.1) is 48.1 Å². The number of fused-ring (bicyclic) bond motifs is 5. The van der Waals surface area contributed by atoms with E-state index in [4.69, 9.17) is 18.9 Å². The third-order valence-electron chi connectivity index (χ3n) is 8.49. The Morgan fingerprint density at radius 1 is 0.864 bits per heavy atom. The van der Waals surface area contributed by atoms with Gasteiger partial charge in [-0.3, -0.25) is 33.8 Å². The fourth-order valence-electron chi connectivity index (χ4n) is 6.44. The van der Waals surface area contributed by atoms with Crippen LogP contribution in [0.4, 0.5) is 0 Å². The number of ether oxygens (including phenoxy) is 4. The Balaban J connectivity index is 1.26. The quantitative estimate of drug-likeness (QED) is 0.105. The predicted octanol–water partition coefficient (Wildman–Crippen LogP) is 2.10. The molecule has 0 aliphatic carbocycles. The van der Waals surface area contributed by atoms with Gasteiger partial charge in [0.2, 0.25) is 17.7 Å². The van der Waals surface area contributed by atoms with Gasteiger partial charge in [-0.05, 0) is 61.8 Å². The maximum Gasteiger partial charge on any atom is 0.311 e. The first kappa shape index (κ1) is 35.6. The van der Waals surface area contributed by atoms with Crippen LogP contribution in [0.5, 0.6) is 0 Å². The van der Waals surface area contributed by atoms with Crippen molar-refractivity contribution in [3.8, 4) is 0 Å². The van der Waals surface area contributed by atoms with E-state index in [9.17, 15) is 24.0 Å². The lowest BCUT2D eigenvalue weighted by Crippen LogP contribution is -2.41. The van der Waals surface area contributed by atoms with E-state index in [0.29, 0.717) is 18.6 Å². The van der Waals surface area contributed by atoms with Crippen molar-refractivity contribution in [2.24, 2.45) is 22.7 Å². The molecule has 0 aromatic carbocycles. The highest BCUT2D eigenvalue weighted by molar-refractivity contribution is 6.07. The number of esters is 2. The van der Waals surface area contributed by atoms with Crippen molar-refractivity contribution in [3.63, 3.8) is 0 Å². The average molecular weight is 622 g/mol. The van der Waals surface area contributed by atoms with E-state index < -0.39 is 28.6 Å². The van der Waals surface area contributed by atoms with Crippen LogP contribution in [0.1, 0.15) is 68.2 Å². The smallest absolute Gasteiger partial charge is 0.311 e. The second-order valence-electron chi connectivity index (χ2n) is 13.7. The van der Waals surface area contributed by atoms with Crippen molar-refractivity contribution in [2.75, 3.05) is 46.1 Å². The van der Waals surface area contributed by atoms with Gasteiger partial charge in [0.1, 0.15) is 13.2 Å². The second kappa shape index (κ2) is 15.0. The van der Waals surface area contributed by atoms with Gasteiger partial charge < -0.3 is 24.3 Å². The number of nitrogens with one attached hydrogen (secondary N) is 1. The molecule has 12 heteroatoms. The van der Waals surface area contributed by atoms with Crippen LogP contribution in [0.3, 0.4) is 0 Å². The Hall–Kier alpha value is -2.83. The van der Waals surface area contributed by atoms with Crippen molar-refractivity contribution in [1.82, 2.24) is 15.1 Å². The number of hydrogen-bond acceptors (Lipinski definition) is 10. The summed E-state index contributed by atoms with van der Waals surface area (Å²) in [5, 5.41) is 2.70. The van der Waals surface area contributed by atoms with E-state index in [1.165, 1.54) is 4.90 Å². The van der Waals surface area contributed by atoms with Crippen molar-refractivity contribution >= 4 is 29.7 Å². The van der Waals surface area contributed by atoms with Gasteiger partial charge >= 0.3 is 11.9 Å². The van der Waals surface area contributed by atoms with Crippen molar-refractivity contribution < 1.29 is 42.9 Å². The molecule has 3 aliphatic rings. The van der Waals surface area contributed by atoms with Crippen molar-refractivity contribution in [3.05, 3.63) is 12.2 Å². The molecule has 1 N–H and O–H groups in total. The first-order valence-electron chi connectivity index (χ1n) is 15.7. The maximum absolute atomic E-state index is 12.8. The highest BCUT2D eigenvalue weighted by Crippen LogP contribution is 2.45. The molecule has 248 valence electrons. The van der Waals surface area contributed by atoms with Crippen LogP contribution in [-0.4, -0.2) is 110 Å².